The topological polar surface area (TPSA) is 80.3 Å². The molecule has 3 aromatic rings. The molecule has 0 bridgehead atoms. The van der Waals surface area contributed by atoms with E-state index in [1.807, 2.05) is 19.9 Å². The lowest BCUT2D eigenvalue weighted by atomic mass is 10.1. The maximum atomic E-state index is 12.4. The van der Waals surface area contributed by atoms with E-state index >= 15 is 0 Å². The van der Waals surface area contributed by atoms with Gasteiger partial charge in [0.15, 0.2) is 0 Å². The first-order valence-electron chi connectivity index (χ1n) is 9.35. The van der Waals surface area contributed by atoms with Gasteiger partial charge in [0.05, 0.1) is 24.1 Å². The third-order valence-electron chi connectivity index (χ3n) is 4.32. The Labute approximate surface area is 169 Å². The van der Waals surface area contributed by atoms with E-state index in [4.69, 9.17) is 4.74 Å². The average molecular weight is 389 g/mol. The summed E-state index contributed by atoms with van der Waals surface area (Å²) >= 11 is 0. The number of rotatable bonds is 6. The van der Waals surface area contributed by atoms with E-state index in [2.05, 4.69) is 33.8 Å². The number of nitrogens with zero attached hydrogens (tertiary/aromatic N) is 1. The van der Waals surface area contributed by atoms with E-state index in [1.165, 1.54) is 0 Å². The predicted octanol–water partition coefficient (Wildman–Crippen LogP) is 4.87. The number of esters is 1. The molecule has 0 radical (unpaired) electrons. The smallest absolute Gasteiger partial charge is 0.338 e. The number of pyridine rings is 1. The number of hydrogen-bond donors (Lipinski definition) is 2. The number of hydrogen-bond acceptors (Lipinski definition) is 5. The number of ether oxygens (including phenoxy) is 1. The van der Waals surface area contributed by atoms with Crippen LogP contribution >= 0.6 is 0 Å². The van der Waals surface area contributed by atoms with Crippen molar-refractivity contribution in [1.29, 1.82) is 0 Å². The molecule has 29 heavy (non-hydrogen) atoms. The van der Waals surface area contributed by atoms with Crippen LogP contribution in [-0.2, 0) is 4.74 Å². The van der Waals surface area contributed by atoms with Gasteiger partial charge in [-0.3, -0.25) is 4.79 Å². The molecule has 0 aliphatic carbocycles. The summed E-state index contributed by atoms with van der Waals surface area (Å²) in [7, 11) is 0. The van der Waals surface area contributed by atoms with E-state index in [9.17, 15) is 9.59 Å². The van der Waals surface area contributed by atoms with Gasteiger partial charge in [0.25, 0.3) is 5.91 Å². The van der Waals surface area contributed by atoms with Crippen molar-refractivity contribution in [2.45, 2.75) is 20.8 Å². The first kappa shape index (κ1) is 20.1. The summed E-state index contributed by atoms with van der Waals surface area (Å²) in [6, 6.07) is 16.2. The minimum absolute atomic E-state index is 0.297. The zero-order chi connectivity index (χ0) is 20.8. The molecule has 0 aliphatic heterocycles. The monoisotopic (exact) mass is 389 g/mol. The molecular weight excluding hydrogens is 366 g/mol. The van der Waals surface area contributed by atoms with Crippen molar-refractivity contribution < 1.29 is 14.3 Å². The minimum Gasteiger partial charge on any atom is -0.462 e. The Hall–Kier alpha value is -3.67. The van der Waals surface area contributed by atoms with Crippen molar-refractivity contribution in [3.05, 3.63) is 83.2 Å². The van der Waals surface area contributed by atoms with Gasteiger partial charge in [-0.05, 0) is 74.4 Å². The molecule has 0 atom stereocenters. The number of carbonyl (C=O) groups excluding carboxylic acids is 2. The normalized spacial score (nSPS) is 10.3. The van der Waals surface area contributed by atoms with Crippen LogP contribution in [0.5, 0.6) is 0 Å². The molecule has 6 heteroatoms. The fourth-order valence-electron chi connectivity index (χ4n) is 2.73. The number of aryl methyl sites for hydroxylation is 2. The molecule has 0 aliphatic rings. The lowest BCUT2D eigenvalue weighted by molar-refractivity contribution is 0.0526. The molecule has 0 unspecified atom stereocenters. The van der Waals surface area contributed by atoms with Crippen LogP contribution in [0.2, 0.25) is 0 Å². The van der Waals surface area contributed by atoms with E-state index in [0.29, 0.717) is 23.6 Å². The second-order valence-electron chi connectivity index (χ2n) is 6.63. The van der Waals surface area contributed by atoms with Crippen LogP contribution in [-0.4, -0.2) is 23.5 Å². The van der Waals surface area contributed by atoms with Gasteiger partial charge in [0.1, 0.15) is 5.69 Å². The van der Waals surface area contributed by atoms with Crippen LogP contribution in [0.25, 0.3) is 0 Å². The van der Waals surface area contributed by atoms with Crippen LogP contribution < -0.4 is 10.6 Å². The van der Waals surface area contributed by atoms with Crippen molar-refractivity contribution in [2.75, 3.05) is 17.2 Å². The first-order chi connectivity index (χ1) is 14.0. The van der Waals surface area contributed by atoms with Crippen molar-refractivity contribution in [1.82, 2.24) is 4.98 Å². The van der Waals surface area contributed by atoms with Gasteiger partial charge in [-0.2, -0.15) is 0 Å². The highest BCUT2D eigenvalue weighted by molar-refractivity contribution is 6.03. The maximum Gasteiger partial charge on any atom is 0.338 e. The number of anilines is 3. The summed E-state index contributed by atoms with van der Waals surface area (Å²) in [4.78, 5) is 28.3. The number of amides is 1. The van der Waals surface area contributed by atoms with Crippen molar-refractivity contribution in [3.63, 3.8) is 0 Å². The summed E-state index contributed by atoms with van der Waals surface area (Å²) in [5.41, 5.74) is 5.40. The third kappa shape index (κ3) is 5.19. The molecule has 6 nitrogen and oxygen atoms in total. The second-order valence-corrected chi connectivity index (χ2v) is 6.63. The molecule has 0 spiro atoms. The van der Waals surface area contributed by atoms with Crippen LogP contribution in [0.3, 0.4) is 0 Å². The molecule has 1 aromatic heterocycles. The third-order valence-corrected chi connectivity index (χ3v) is 4.32. The maximum absolute atomic E-state index is 12.4. The molecular formula is C23H23N3O3. The summed E-state index contributed by atoms with van der Waals surface area (Å²) < 4.78 is 4.94. The van der Waals surface area contributed by atoms with Crippen LogP contribution in [0.4, 0.5) is 17.1 Å². The van der Waals surface area contributed by atoms with Crippen molar-refractivity contribution >= 4 is 28.9 Å². The molecule has 1 heterocycles. The van der Waals surface area contributed by atoms with E-state index < -0.39 is 0 Å². The van der Waals surface area contributed by atoms with E-state index in [0.717, 1.165) is 22.5 Å². The van der Waals surface area contributed by atoms with E-state index in [-0.39, 0.29) is 11.9 Å². The van der Waals surface area contributed by atoms with Gasteiger partial charge in [-0.1, -0.05) is 12.1 Å². The van der Waals surface area contributed by atoms with Gasteiger partial charge >= 0.3 is 5.97 Å². The van der Waals surface area contributed by atoms with Gasteiger partial charge in [-0.15, -0.1) is 0 Å². The number of aromatic nitrogens is 1. The van der Waals surface area contributed by atoms with Crippen LogP contribution in [0, 0.1) is 13.8 Å². The fraction of sp³-hybridized carbons (Fsp3) is 0.174. The van der Waals surface area contributed by atoms with Crippen molar-refractivity contribution in [2.24, 2.45) is 0 Å². The quantitative estimate of drug-likeness (QED) is 0.588. The molecule has 0 saturated heterocycles. The summed E-state index contributed by atoms with van der Waals surface area (Å²) in [5.74, 6) is -0.717. The number of benzene rings is 2. The Morgan fingerprint density at radius 1 is 0.966 bits per heavy atom. The highest BCUT2D eigenvalue weighted by atomic mass is 16.5. The molecule has 3 rings (SSSR count). The van der Waals surface area contributed by atoms with Gasteiger partial charge in [0.2, 0.25) is 0 Å². The van der Waals surface area contributed by atoms with Gasteiger partial charge in [-0.25, -0.2) is 9.78 Å². The summed E-state index contributed by atoms with van der Waals surface area (Å²) in [5, 5.41) is 6.09. The Morgan fingerprint density at radius 3 is 2.34 bits per heavy atom. The van der Waals surface area contributed by atoms with Gasteiger partial charge in [0, 0.05) is 11.4 Å². The molecule has 2 N–H and O–H groups in total. The molecule has 148 valence electrons. The SMILES string of the molecule is CCOC(=O)c1ccc(NC(=O)c2ccc(Nc3cc(C)ccc3C)cn2)cc1. The number of nitrogens with one attached hydrogen (secondary N) is 2. The predicted molar refractivity (Wildman–Crippen MR) is 114 cm³/mol. The van der Waals surface area contributed by atoms with Crippen molar-refractivity contribution in [3.8, 4) is 0 Å². The van der Waals surface area contributed by atoms with Crippen LogP contribution in [0.15, 0.2) is 60.8 Å². The zero-order valence-corrected chi connectivity index (χ0v) is 16.7. The first-order valence-corrected chi connectivity index (χ1v) is 9.35. The molecule has 0 saturated carbocycles. The minimum atomic E-state index is -0.390. The number of carbonyl (C=O) groups is 2. The summed E-state index contributed by atoms with van der Waals surface area (Å²) in [6.07, 6.45) is 1.63. The van der Waals surface area contributed by atoms with Gasteiger partial charge < -0.3 is 15.4 Å². The summed E-state index contributed by atoms with van der Waals surface area (Å²) in [6.45, 7) is 6.14. The Bertz CT molecular complexity index is 1010. The lowest BCUT2D eigenvalue weighted by Crippen LogP contribution is -2.14. The fourth-order valence-corrected chi connectivity index (χ4v) is 2.73. The lowest BCUT2D eigenvalue weighted by Gasteiger charge is -2.11. The largest absolute Gasteiger partial charge is 0.462 e. The standard InChI is InChI=1S/C23H23N3O3/c1-4-29-23(28)17-7-9-18(10-8-17)26-22(27)20-12-11-19(14-24-20)25-21-13-15(2)5-6-16(21)3/h5-14,25H,4H2,1-3H3,(H,26,27). The van der Waals surface area contributed by atoms with Crippen LogP contribution in [0.1, 0.15) is 38.9 Å². The molecule has 0 fully saturated rings. The van der Waals surface area contributed by atoms with E-state index in [1.54, 1.807) is 43.5 Å². The molecule has 2 aromatic carbocycles. The Morgan fingerprint density at radius 2 is 1.69 bits per heavy atom. The highest BCUT2D eigenvalue weighted by Crippen LogP contribution is 2.21. The Balaban J connectivity index is 1.64. The molecule has 1 amide bonds. The Kier molecular flexibility index (Phi) is 6.24. The zero-order valence-electron chi connectivity index (χ0n) is 16.7. The second kappa shape index (κ2) is 9.01. The highest BCUT2D eigenvalue weighted by Gasteiger charge is 2.10. The average Bonchev–Trinajstić information content (AvgIpc) is 2.72.